The Morgan fingerprint density at radius 1 is 1.24 bits per heavy atom. The molecule has 0 radical (unpaired) electrons. The van der Waals surface area contributed by atoms with Crippen molar-refractivity contribution in [3.8, 4) is 6.07 Å². The van der Waals surface area contributed by atoms with Crippen molar-refractivity contribution in [3.05, 3.63) is 43.3 Å². The predicted octanol–water partition coefficient (Wildman–Crippen LogP) is 3.59. The maximum atomic E-state index is 8.73. The van der Waals surface area contributed by atoms with Gasteiger partial charge in [0.15, 0.2) is 0 Å². The van der Waals surface area contributed by atoms with Gasteiger partial charge in [-0.05, 0) is 31.5 Å². The molecule has 0 aliphatic rings. The van der Waals surface area contributed by atoms with Crippen LogP contribution in [-0.2, 0) is 13.1 Å². The van der Waals surface area contributed by atoms with Gasteiger partial charge in [-0.1, -0.05) is 0 Å². The van der Waals surface area contributed by atoms with Crippen molar-refractivity contribution in [2.45, 2.75) is 26.9 Å². The molecular weight excluding hydrogens is 248 g/mol. The average molecular weight is 262 g/mol. The molecule has 2 aromatic heterocycles. The maximum absolute atomic E-state index is 8.73. The molecule has 2 nitrogen and oxygen atoms in total. The second-order valence-electron chi connectivity index (χ2n) is 3.97. The molecule has 0 spiro atoms. The fraction of sp³-hybridized carbons (Fsp3) is 0.308. The van der Waals surface area contributed by atoms with E-state index < -0.39 is 0 Å². The van der Waals surface area contributed by atoms with E-state index in [1.807, 2.05) is 22.8 Å². The Hall–Kier alpha value is -1.15. The first-order valence-electron chi connectivity index (χ1n) is 5.43. The minimum Gasteiger partial charge on any atom is -0.307 e. The van der Waals surface area contributed by atoms with E-state index >= 15 is 0 Å². The number of nitrogens with one attached hydrogen (secondary N) is 1. The molecule has 0 atom stereocenters. The molecule has 17 heavy (non-hydrogen) atoms. The first kappa shape index (κ1) is 12.3. The fourth-order valence-electron chi connectivity index (χ4n) is 1.58. The average Bonchev–Trinajstić information content (AvgIpc) is 2.87. The molecule has 2 rings (SSSR count). The van der Waals surface area contributed by atoms with E-state index in [0.29, 0.717) is 0 Å². The highest BCUT2D eigenvalue weighted by Gasteiger charge is 2.02. The lowest BCUT2D eigenvalue weighted by Gasteiger charge is -1.99. The highest BCUT2D eigenvalue weighted by atomic mass is 32.1. The summed E-state index contributed by atoms with van der Waals surface area (Å²) in [7, 11) is 0. The van der Waals surface area contributed by atoms with Crippen LogP contribution in [-0.4, -0.2) is 0 Å². The second-order valence-corrected chi connectivity index (χ2v) is 6.31. The van der Waals surface area contributed by atoms with Crippen molar-refractivity contribution < 1.29 is 0 Å². The minimum absolute atomic E-state index is 0.759. The molecule has 2 aromatic rings. The highest BCUT2D eigenvalue weighted by molar-refractivity contribution is 7.12. The van der Waals surface area contributed by atoms with Crippen LogP contribution in [0.4, 0.5) is 0 Å². The Labute approximate surface area is 110 Å². The lowest BCUT2D eigenvalue weighted by atomic mass is 10.3. The molecule has 0 unspecified atom stereocenters. The third-order valence-electron chi connectivity index (χ3n) is 2.60. The first-order valence-corrected chi connectivity index (χ1v) is 7.13. The van der Waals surface area contributed by atoms with Crippen LogP contribution in [0, 0.1) is 25.2 Å². The van der Waals surface area contributed by atoms with Gasteiger partial charge in [-0.25, -0.2) is 0 Å². The van der Waals surface area contributed by atoms with E-state index in [-0.39, 0.29) is 0 Å². The summed E-state index contributed by atoms with van der Waals surface area (Å²) in [6.07, 6.45) is 0. The fourth-order valence-corrected chi connectivity index (χ4v) is 3.38. The zero-order chi connectivity index (χ0) is 12.3. The van der Waals surface area contributed by atoms with Crippen LogP contribution in [0.2, 0.25) is 0 Å². The van der Waals surface area contributed by atoms with Crippen molar-refractivity contribution in [2.24, 2.45) is 0 Å². The molecule has 0 bridgehead atoms. The van der Waals surface area contributed by atoms with Crippen LogP contribution in [0.5, 0.6) is 0 Å². The Kier molecular flexibility index (Phi) is 3.95. The summed E-state index contributed by atoms with van der Waals surface area (Å²) in [5, 5.41) is 14.0. The maximum Gasteiger partial charge on any atom is 0.100 e. The van der Waals surface area contributed by atoms with Crippen LogP contribution in [0.1, 0.15) is 25.8 Å². The zero-order valence-corrected chi connectivity index (χ0v) is 11.5. The lowest BCUT2D eigenvalue weighted by Crippen LogP contribution is -2.10. The Morgan fingerprint density at radius 3 is 2.59 bits per heavy atom. The van der Waals surface area contributed by atoms with Gasteiger partial charge < -0.3 is 5.32 Å². The Morgan fingerprint density at radius 2 is 2.00 bits per heavy atom. The summed E-state index contributed by atoms with van der Waals surface area (Å²) in [5.41, 5.74) is 2.13. The van der Waals surface area contributed by atoms with Gasteiger partial charge in [0.2, 0.25) is 0 Å². The number of hydrogen-bond acceptors (Lipinski definition) is 4. The van der Waals surface area contributed by atoms with Crippen LogP contribution < -0.4 is 5.32 Å². The molecule has 0 fully saturated rings. The van der Waals surface area contributed by atoms with Crippen LogP contribution in [0.25, 0.3) is 0 Å². The summed E-state index contributed by atoms with van der Waals surface area (Å²) in [4.78, 5) is 3.98. The monoisotopic (exact) mass is 262 g/mol. The van der Waals surface area contributed by atoms with Gasteiger partial charge >= 0.3 is 0 Å². The molecule has 0 aliphatic heterocycles. The molecule has 1 N–H and O–H groups in total. The number of nitriles is 1. The quantitative estimate of drug-likeness (QED) is 0.914. The van der Waals surface area contributed by atoms with Gasteiger partial charge in [-0.15, -0.1) is 22.7 Å². The largest absolute Gasteiger partial charge is 0.307 e. The normalized spacial score (nSPS) is 10.4. The second kappa shape index (κ2) is 5.46. The molecule has 0 saturated carbocycles. The molecule has 0 saturated heterocycles. The smallest absolute Gasteiger partial charge is 0.100 e. The van der Waals surface area contributed by atoms with E-state index in [4.69, 9.17) is 5.26 Å². The molecular formula is C13H14N2S2. The number of aryl methyl sites for hydroxylation is 2. The molecule has 88 valence electrons. The van der Waals surface area contributed by atoms with Gasteiger partial charge in [-0.3, -0.25) is 0 Å². The minimum atomic E-state index is 0.759. The summed E-state index contributed by atoms with van der Waals surface area (Å²) in [6.45, 7) is 6.04. The summed E-state index contributed by atoms with van der Waals surface area (Å²) in [6, 6.07) is 6.34. The van der Waals surface area contributed by atoms with Gasteiger partial charge in [0.1, 0.15) is 6.07 Å². The van der Waals surface area contributed by atoms with Crippen molar-refractivity contribution in [1.82, 2.24) is 5.32 Å². The van der Waals surface area contributed by atoms with Crippen molar-refractivity contribution in [3.63, 3.8) is 0 Å². The number of nitrogens with zero attached hydrogens (tertiary/aromatic N) is 1. The zero-order valence-electron chi connectivity index (χ0n) is 9.91. The lowest BCUT2D eigenvalue weighted by molar-refractivity contribution is 0.708. The van der Waals surface area contributed by atoms with E-state index in [0.717, 1.165) is 18.7 Å². The van der Waals surface area contributed by atoms with Crippen molar-refractivity contribution in [1.29, 1.82) is 5.26 Å². The summed E-state index contributed by atoms with van der Waals surface area (Å²) < 4.78 is 0. The predicted molar refractivity (Wildman–Crippen MR) is 73.4 cm³/mol. The van der Waals surface area contributed by atoms with E-state index in [1.54, 1.807) is 11.3 Å². The molecule has 2 heterocycles. The standard InChI is InChI=1S/C13H14N2S2/c1-9-3-13(17-10(9)2)7-15-6-12-4-11(5-14)8-16-12/h3-4,8,15H,6-7H2,1-2H3. The number of rotatable bonds is 4. The van der Waals surface area contributed by atoms with E-state index in [2.05, 4.69) is 31.3 Å². The third-order valence-corrected chi connectivity index (χ3v) is 4.69. The summed E-state index contributed by atoms with van der Waals surface area (Å²) >= 11 is 3.48. The number of thiophene rings is 2. The first-order chi connectivity index (χ1) is 8.19. The van der Waals surface area contributed by atoms with Gasteiger partial charge in [0.05, 0.1) is 5.56 Å². The number of hydrogen-bond donors (Lipinski definition) is 1. The molecule has 4 heteroatoms. The van der Waals surface area contributed by atoms with E-state index in [1.165, 1.54) is 20.2 Å². The molecule has 0 amide bonds. The van der Waals surface area contributed by atoms with E-state index in [9.17, 15) is 0 Å². The molecule has 0 aromatic carbocycles. The summed E-state index contributed by atoms with van der Waals surface area (Å²) in [5.74, 6) is 0. The Bertz CT molecular complexity index is 527. The molecule has 0 aliphatic carbocycles. The Balaban J connectivity index is 1.85. The highest BCUT2D eigenvalue weighted by Crippen LogP contribution is 2.20. The van der Waals surface area contributed by atoms with Crippen LogP contribution in [0.3, 0.4) is 0 Å². The topological polar surface area (TPSA) is 35.8 Å². The third kappa shape index (κ3) is 3.16. The van der Waals surface area contributed by atoms with Crippen molar-refractivity contribution >= 4 is 22.7 Å². The van der Waals surface area contributed by atoms with Gasteiger partial charge in [-0.2, -0.15) is 5.26 Å². The van der Waals surface area contributed by atoms with Crippen LogP contribution in [0.15, 0.2) is 17.5 Å². The van der Waals surface area contributed by atoms with Crippen LogP contribution >= 0.6 is 22.7 Å². The van der Waals surface area contributed by atoms with Gasteiger partial charge in [0, 0.05) is 33.1 Å². The van der Waals surface area contributed by atoms with Crippen molar-refractivity contribution in [2.75, 3.05) is 0 Å². The van der Waals surface area contributed by atoms with Gasteiger partial charge in [0.25, 0.3) is 0 Å². The SMILES string of the molecule is Cc1cc(CNCc2cc(C#N)cs2)sc1C.